The molecule has 1 aliphatic rings. The highest BCUT2D eigenvalue weighted by atomic mass is 35.5. The van der Waals surface area contributed by atoms with Crippen LogP contribution in [0.2, 0.25) is 5.02 Å². The van der Waals surface area contributed by atoms with Crippen molar-refractivity contribution in [1.82, 2.24) is 4.90 Å². The van der Waals surface area contributed by atoms with E-state index >= 15 is 0 Å². The van der Waals surface area contributed by atoms with Crippen LogP contribution in [-0.4, -0.2) is 40.3 Å². The number of anilines is 1. The predicted octanol–water partition coefficient (Wildman–Crippen LogP) is 5.94. The average Bonchev–Trinajstić information content (AvgIpc) is 2.86. The first-order valence-corrected chi connectivity index (χ1v) is 12.7. The van der Waals surface area contributed by atoms with Crippen molar-refractivity contribution >= 4 is 51.7 Å². The minimum absolute atomic E-state index is 0.0992. The summed E-state index contributed by atoms with van der Waals surface area (Å²) in [5.41, 5.74) is 2.45. The van der Waals surface area contributed by atoms with Crippen molar-refractivity contribution in [2.45, 2.75) is 25.0 Å². The molecule has 8 heteroatoms. The third kappa shape index (κ3) is 6.87. The normalized spacial score (nSPS) is 16.9. The Morgan fingerprint density at radius 2 is 1.80 bits per heavy atom. The van der Waals surface area contributed by atoms with Crippen molar-refractivity contribution in [3.05, 3.63) is 89.4 Å². The highest BCUT2D eigenvalue weighted by Crippen LogP contribution is 2.30. The van der Waals surface area contributed by atoms with Crippen molar-refractivity contribution in [3.8, 4) is 5.75 Å². The van der Waals surface area contributed by atoms with Crippen LogP contribution in [0.25, 0.3) is 0 Å². The molecule has 4 rings (SSSR count). The van der Waals surface area contributed by atoms with E-state index in [0.29, 0.717) is 35.5 Å². The van der Waals surface area contributed by atoms with Crippen molar-refractivity contribution in [2.75, 3.05) is 18.5 Å². The van der Waals surface area contributed by atoms with Crippen LogP contribution < -0.4 is 10.1 Å². The molecule has 6 nitrogen and oxygen atoms in total. The van der Waals surface area contributed by atoms with E-state index in [1.165, 1.54) is 11.8 Å². The fourth-order valence-corrected chi connectivity index (χ4v) is 4.84. The Hall–Kier alpha value is -3.29. The van der Waals surface area contributed by atoms with E-state index in [4.69, 9.17) is 21.3 Å². The first-order valence-electron chi connectivity index (χ1n) is 11.4. The van der Waals surface area contributed by atoms with Gasteiger partial charge in [-0.05, 0) is 67.4 Å². The molecule has 0 bridgehead atoms. The van der Waals surface area contributed by atoms with Crippen LogP contribution in [0.5, 0.6) is 5.75 Å². The SMILES string of the molecule is CCOc1ccc(NC(=O)C2CC(=O)N(CCc3ccc(Cl)cc3)C(=Nc3ccccc3)S2)cc1. The van der Waals surface area contributed by atoms with Crippen LogP contribution in [0.15, 0.2) is 83.9 Å². The fourth-order valence-electron chi connectivity index (χ4n) is 3.59. The summed E-state index contributed by atoms with van der Waals surface area (Å²) >= 11 is 7.30. The highest BCUT2D eigenvalue weighted by Gasteiger charge is 2.35. The molecule has 0 aromatic heterocycles. The predicted molar refractivity (Wildman–Crippen MR) is 143 cm³/mol. The van der Waals surface area contributed by atoms with Gasteiger partial charge in [0.25, 0.3) is 0 Å². The van der Waals surface area contributed by atoms with Gasteiger partial charge in [-0.3, -0.25) is 14.5 Å². The highest BCUT2D eigenvalue weighted by molar-refractivity contribution is 8.15. The Morgan fingerprint density at radius 1 is 1.09 bits per heavy atom. The second-order valence-electron chi connectivity index (χ2n) is 7.91. The number of halogens is 1. The number of benzene rings is 3. The van der Waals surface area contributed by atoms with Gasteiger partial charge in [-0.1, -0.05) is 53.7 Å². The molecular weight excluding hydrogens is 482 g/mol. The third-order valence-electron chi connectivity index (χ3n) is 5.38. The minimum Gasteiger partial charge on any atom is -0.494 e. The second-order valence-corrected chi connectivity index (χ2v) is 9.52. The van der Waals surface area contributed by atoms with Gasteiger partial charge in [-0.25, -0.2) is 4.99 Å². The number of carbonyl (C=O) groups is 2. The van der Waals surface area contributed by atoms with Crippen LogP contribution in [0, 0.1) is 0 Å². The number of hydrogen-bond donors (Lipinski definition) is 1. The molecule has 1 atom stereocenters. The third-order valence-corrected chi connectivity index (χ3v) is 6.82. The number of rotatable bonds is 8. The molecule has 1 unspecified atom stereocenters. The number of hydrogen-bond acceptors (Lipinski definition) is 5. The van der Waals surface area contributed by atoms with Crippen molar-refractivity contribution in [1.29, 1.82) is 0 Å². The number of nitrogens with one attached hydrogen (secondary N) is 1. The van der Waals surface area contributed by atoms with E-state index in [1.54, 1.807) is 29.2 Å². The molecule has 1 saturated heterocycles. The number of ether oxygens (including phenoxy) is 1. The van der Waals surface area contributed by atoms with Crippen molar-refractivity contribution in [3.63, 3.8) is 0 Å². The van der Waals surface area contributed by atoms with Gasteiger partial charge in [0, 0.05) is 23.7 Å². The lowest BCUT2D eigenvalue weighted by Crippen LogP contribution is -2.46. The number of amides is 2. The Bertz CT molecular complexity index is 1180. The summed E-state index contributed by atoms with van der Waals surface area (Å²) in [7, 11) is 0. The van der Waals surface area contributed by atoms with Gasteiger partial charge in [-0.15, -0.1) is 0 Å². The molecule has 180 valence electrons. The van der Waals surface area contributed by atoms with Gasteiger partial charge in [0.2, 0.25) is 11.8 Å². The Morgan fingerprint density at radius 3 is 2.49 bits per heavy atom. The van der Waals surface area contributed by atoms with Crippen LogP contribution in [0.1, 0.15) is 18.9 Å². The summed E-state index contributed by atoms with van der Waals surface area (Å²) in [5, 5.41) is 3.52. The zero-order valence-corrected chi connectivity index (χ0v) is 20.9. The van der Waals surface area contributed by atoms with Crippen LogP contribution in [-0.2, 0) is 16.0 Å². The maximum Gasteiger partial charge on any atom is 0.238 e. The summed E-state index contributed by atoms with van der Waals surface area (Å²) in [4.78, 5) is 32.6. The first kappa shape index (κ1) is 24.8. The van der Waals surface area contributed by atoms with Gasteiger partial charge >= 0.3 is 0 Å². The molecule has 0 radical (unpaired) electrons. The second kappa shape index (κ2) is 11.9. The quantitative estimate of drug-likeness (QED) is 0.409. The number of amidine groups is 1. The molecule has 1 aliphatic heterocycles. The van der Waals surface area contributed by atoms with E-state index in [0.717, 1.165) is 17.0 Å². The van der Waals surface area contributed by atoms with Gasteiger partial charge in [0.15, 0.2) is 5.17 Å². The van der Waals surface area contributed by atoms with Crippen molar-refractivity contribution in [2.24, 2.45) is 4.99 Å². The number of nitrogens with zero attached hydrogens (tertiary/aromatic N) is 2. The van der Waals surface area contributed by atoms with Crippen LogP contribution >= 0.6 is 23.4 Å². The zero-order chi connectivity index (χ0) is 24.6. The monoisotopic (exact) mass is 507 g/mol. The van der Waals surface area contributed by atoms with Crippen LogP contribution in [0.3, 0.4) is 0 Å². The number of thioether (sulfide) groups is 1. The summed E-state index contributed by atoms with van der Waals surface area (Å²) in [6, 6.07) is 24.2. The Balaban J connectivity index is 1.49. The fraction of sp³-hybridized carbons (Fsp3) is 0.222. The van der Waals surface area contributed by atoms with Gasteiger partial charge in [0.1, 0.15) is 11.0 Å². The average molecular weight is 508 g/mol. The van der Waals surface area contributed by atoms with E-state index in [9.17, 15) is 9.59 Å². The minimum atomic E-state index is -0.580. The topological polar surface area (TPSA) is 71.0 Å². The summed E-state index contributed by atoms with van der Waals surface area (Å²) in [6.07, 6.45) is 0.752. The van der Waals surface area contributed by atoms with Gasteiger partial charge in [-0.2, -0.15) is 0 Å². The Kier molecular flexibility index (Phi) is 8.45. The molecule has 1 N–H and O–H groups in total. The summed E-state index contributed by atoms with van der Waals surface area (Å²) in [6.45, 7) is 2.96. The molecule has 3 aromatic rings. The lowest BCUT2D eigenvalue weighted by molar-refractivity contribution is -0.129. The number of aliphatic imine (C=N–C) groups is 1. The molecule has 0 spiro atoms. The lowest BCUT2D eigenvalue weighted by atomic mass is 10.1. The molecule has 35 heavy (non-hydrogen) atoms. The molecule has 1 heterocycles. The molecule has 3 aromatic carbocycles. The van der Waals surface area contributed by atoms with Gasteiger partial charge < -0.3 is 10.1 Å². The summed E-state index contributed by atoms with van der Waals surface area (Å²) in [5.74, 6) is 0.381. The van der Waals surface area contributed by atoms with E-state index in [2.05, 4.69) is 5.32 Å². The molecule has 0 saturated carbocycles. The maximum absolute atomic E-state index is 13.2. The molecule has 0 aliphatic carbocycles. The molecular formula is C27H26ClN3O3S. The largest absolute Gasteiger partial charge is 0.494 e. The van der Waals surface area contributed by atoms with Gasteiger partial charge in [0.05, 0.1) is 12.3 Å². The molecule has 2 amide bonds. The Labute approximate surface area is 214 Å². The number of para-hydroxylation sites is 1. The van der Waals surface area contributed by atoms with E-state index in [-0.39, 0.29) is 18.2 Å². The van der Waals surface area contributed by atoms with Crippen LogP contribution in [0.4, 0.5) is 11.4 Å². The van der Waals surface area contributed by atoms with Crippen molar-refractivity contribution < 1.29 is 14.3 Å². The first-order chi connectivity index (χ1) is 17.0. The zero-order valence-electron chi connectivity index (χ0n) is 19.3. The maximum atomic E-state index is 13.2. The van der Waals surface area contributed by atoms with E-state index in [1.807, 2.05) is 61.5 Å². The van der Waals surface area contributed by atoms with E-state index < -0.39 is 5.25 Å². The molecule has 1 fully saturated rings. The smallest absolute Gasteiger partial charge is 0.238 e. The number of carbonyl (C=O) groups excluding carboxylic acids is 2. The lowest BCUT2D eigenvalue weighted by Gasteiger charge is -2.32. The summed E-state index contributed by atoms with van der Waals surface area (Å²) < 4.78 is 5.45. The standard InChI is InChI=1S/C27H26ClN3O3S/c1-2-34-23-14-12-22(13-15-23)29-26(33)24-18-25(32)31(17-16-19-8-10-20(28)11-9-19)27(35-24)30-21-6-4-3-5-7-21/h3-15,24H,2,16-18H2,1H3,(H,29,33).